The second-order valence-corrected chi connectivity index (χ2v) is 7.97. The molecule has 0 amide bonds. The van der Waals surface area contributed by atoms with Crippen molar-refractivity contribution in [2.75, 3.05) is 18.6 Å². The maximum atomic E-state index is 6.01. The zero-order valence-corrected chi connectivity index (χ0v) is 18.9. The Morgan fingerprint density at radius 3 is 2.36 bits per heavy atom. The minimum atomic E-state index is 0.724. The van der Waals surface area contributed by atoms with E-state index in [0.717, 1.165) is 52.0 Å². The van der Waals surface area contributed by atoms with Crippen molar-refractivity contribution in [2.24, 2.45) is 4.99 Å². The number of hydrogen-bond acceptors (Lipinski definition) is 4. The Labute approximate surface area is 193 Å². The van der Waals surface area contributed by atoms with Crippen molar-refractivity contribution in [1.82, 2.24) is 0 Å². The normalized spacial score (nSPS) is 11.5. The summed E-state index contributed by atoms with van der Waals surface area (Å²) in [5.41, 5.74) is 5.94. The molecular weight excluding hydrogens is 408 g/mol. The van der Waals surface area contributed by atoms with Gasteiger partial charge in [-0.3, -0.25) is 4.99 Å². The van der Waals surface area contributed by atoms with Crippen molar-refractivity contribution in [2.45, 2.75) is 13.5 Å². The lowest BCUT2D eigenvalue weighted by Crippen LogP contribution is -2.21. The molecule has 1 aromatic heterocycles. The van der Waals surface area contributed by atoms with Gasteiger partial charge in [-0.05, 0) is 42.3 Å². The van der Waals surface area contributed by atoms with Crippen LogP contribution in [0.25, 0.3) is 21.9 Å². The second-order valence-electron chi connectivity index (χ2n) is 7.97. The van der Waals surface area contributed by atoms with Gasteiger partial charge in [0.15, 0.2) is 0 Å². The van der Waals surface area contributed by atoms with Crippen LogP contribution in [0.2, 0.25) is 0 Å². The van der Waals surface area contributed by atoms with Crippen LogP contribution in [0.4, 0.5) is 11.4 Å². The molecule has 0 atom stereocenters. The summed E-state index contributed by atoms with van der Waals surface area (Å²) >= 11 is 0. The zero-order valence-electron chi connectivity index (χ0n) is 18.9. The summed E-state index contributed by atoms with van der Waals surface area (Å²) in [7, 11) is 1.67. The van der Waals surface area contributed by atoms with E-state index < -0.39 is 0 Å². The molecule has 4 aromatic carbocycles. The van der Waals surface area contributed by atoms with Crippen molar-refractivity contribution >= 4 is 39.5 Å². The van der Waals surface area contributed by atoms with Gasteiger partial charge in [0, 0.05) is 41.8 Å². The SMILES string of the molecule is CCN(Cc1ccccc1)c1ccc(C=Nc2cc3oc4ccccc4c3cc2OC)cc1. The molecule has 5 rings (SSSR count). The number of fused-ring (bicyclic) bond motifs is 3. The van der Waals surface area contributed by atoms with E-state index in [4.69, 9.17) is 14.1 Å². The molecule has 0 saturated carbocycles. The summed E-state index contributed by atoms with van der Waals surface area (Å²) in [6, 6.07) is 31.0. The van der Waals surface area contributed by atoms with Crippen LogP contribution in [-0.2, 0) is 6.54 Å². The van der Waals surface area contributed by atoms with Gasteiger partial charge >= 0.3 is 0 Å². The fourth-order valence-electron chi connectivity index (χ4n) is 4.11. The molecule has 5 aromatic rings. The molecule has 0 aliphatic heterocycles. The van der Waals surface area contributed by atoms with Gasteiger partial charge in [0.1, 0.15) is 22.6 Å². The van der Waals surface area contributed by atoms with Gasteiger partial charge in [-0.2, -0.15) is 0 Å². The van der Waals surface area contributed by atoms with Crippen LogP contribution in [-0.4, -0.2) is 19.9 Å². The van der Waals surface area contributed by atoms with Crippen LogP contribution in [0.15, 0.2) is 100 Å². The molecule has 33 heavy (non-hydrogen) atoms. The maximum Gasteiger partial charge on any atom is 0.145 e. The Bertz CT molecular complexity index is 1400. The van der Waals surface area contributed by atoms with Gasteiger partial charge in [-0.25, -0.2) is 0 Å². The van der Waals surface area contributed by atoms with E-state index in [1.165, 1.54) is 11.3 Å². The summed E-state index contributed by atoms with van der Waals surface area (Å²) < 4.78 is 11.6. The summed E-state index contributed by atoms with van der Waals surface area (Å²) in [5, 5.41) is 2.11. The molecule has 164 valence electrons. The summed E-state index contributed by atoms with van der Waals surface area (Å²) in [5.74, 6) is 0.724. The Hall–Kier alpha value is -4.05. The van der Waals surface area contributed by atoms with Gasteiger partial charge in [0.05, 0.1) is 7.11 Å². The third-order valence-electron chi connectivity index (χ3n) is 5.89. The number of hydrogen-bond donors (Lipinski definition) is 0. The Balaban J connectivity index is 1.39. The van der Waals surface area contributed by atoms with Crippen LogP contribution in [0.1, 0.15) is 18.1 Å². The van der Waals surface area contributed by atoms with Crippen LogP contribution in [0, 0.1) is 0 Å². The molecule has 4 heteroatoms. The highest BCUT2D eigenvalue weighted by atomic mass is 16.5. The molecule has 0 aliphatic rings. The molecule has 0 unspecified atom stereocenters. The number of anilines is 1. The number of nitrogens with zero attached hydrogens (tertiary/aromatic N) is 2. The van der Waals surface area contributed by atoms with Crippen molar-refractivity contribution < 1.29 is 9.15 Å². The first kappa shape index (κ1) is 20.8. The summed E-state index contributed by atoms with van der Waals surface area (Å²) in [4.78, 5) is 7.06. The standard InChI is InChI=1S/C29H26N2O2/c1-3-31(20-22-9-5-4-6-10-22)23-15-13-21(14-16-23)19-30-26-18-28-25(17-29(26)32-2)24-11-7-8-12-27(24)33-28/h4-19H,3,20H2,1-2H3. The first-order valence-corrected chi connectivity index (χ1v) is 11.2. The molecule has 4 nitrogen and oxygen atoms in total. The predicted molar refractivity (Wildman–Crippen MR) is 137 cm³/mol. The minimum Gasteiger partial charge on any atom is -0.494 e. The van der Waals surface area contributed by atoms with E-state index >= 15 is 0 Å². The molecule has 1 heterocycles. The van der Waals surface area contributed by atoms with Crippen LogP contribution >= 0.6 is 0 Å². The molecule has 0 radical (unpaired) electrons. The molecular formula is C29H26N2O2. The van der Waals surface area contributed by atoms with Crippen molar-refractivity contribution in [1.29, 1.82) is 0 Å². The molecule has 0 spiro atoms. The molecule has 0 N–H and O–H groups in total. The van der Waals surface area contributed by atoms with Crippen LogP contribution in [0.3, 0.4) is 0 Å². The maximum absolute atomic E-state index is 6.01. The third kappa shape index (κ3) is 4.33. The fourth-order valence-corrected chi connectivity index (χ4v) is 4.11. The first-order valence-electron chi connectivity index (χ1n) is 11.2. The lowest BCUT2D eigenvalue weighted by atomic mass is 10.1. The molecule has 0 fully saturated rings. The zero-order chi connectivity index (χ0) is 22.6. The number of para-hydroxylation sites is 1. The van der Waals surface area contributed by atoms with Crippen molar-refractivity contribution in [3.8, 4) is 5.75 Å². The average Bonchev–Trinajstić information content (AvgIpc) is 3.24. The third-order valence-corrected chi connectivity index (χ3v) is 5.89. The lowest BCUT2D eigenvalue weighted by molar-refractivity contribution is 0.416. The smallest absolute Gasteiger partial charge is 0.145 e. The van der Waals surface area contributed by atoms with Crippen molar-refractivity contribution in [3.05, 3.63) is 102 Å². The number of aliphatic imine (C=N–C) groups is 1. The monoisotopic (exact) mass is 434 g/mol. The highest BCUT2D eigenvalue weighted by molar-refractivity contribution is 6.06. The fraction of sp³-hybridized carbons (Fsp3) is 0.138. The number of methoxy groups -OCH3 is 1. The van der Waals surface area contributed by atoms with E-state index in [1.54, 1.807) is 7.11 Å². The van der Waals surface area contributed by atoms with Crippen LogP contribution in [0.5, 0.6) is 5.75 Å². The molecule has 0 bridgehead atoms. The number of benzene rings is 4. The number of furan rings is 1. The topological polar surface area (TPSA) is 38.0 Å². The van der Waals surface area contributed by atoms with Crippen molar-refractivity contribution in [3.63, 3.8) is 0 Å². The second kappa shape index (κ2) is 9.21. The largest absolute Gasteiger partial charge is 0.494 e. The number of ether oxygens (including phenoxy) is 1. The minimum absolute atomic E-state index is 0.724. The van der Waals surface area contributed by atoms with E-state index in [2.05, 4.69) is 72.5 Å². The first-order chi connectivity index (χ1) is 16.2. The van der Waals surface area contributed by atoms with E-state index in [9.17, 15) is 0 Å². The van der Waals surface area contributed by atoms with E-state index in [0.29, 0.717) is 0 Å². The Morgan fingerprint density at radius 2 is 1.61 bits per heavy atom. The lowest BCUT2D eigenvalue weighted by Gasteiger charge is -2.23. The van der Waals surface area contributed by atoms with E-state index in [-0.39, 0.29) is 0 Å². The Kier molecular flexibility index (Phi) is 5.81. The average molecular weight is 435 g/mol. The predicted octanol–water partition coefficient (Wildman–Crippen LogP) is 7.37. The molecule has 0 saturated heterocycles. The van der Waals surface area contributed by atoms with Gasteiger partial charge < -0.3 is 14.1 Å². The van der Waals surface area contributed by atoms with Gasteiger partial charge in [0.25, 0.3) is 0 Å². The van der Waals surface area contributed by atoms with E-state index in [1.807, 2.05) is 36.5 Å². The van der Waals surface area contributed by atoms with Gasteiger partial charge in [-0.1, -0.05) is 60.7 Å². The van der Waals surface area contributed by atoms with Gasteiger partial charge in [0.2, 0.25) is 0 Å². The Morgan fingerprint density at radius 1 is 0.848 bits per heavy atom. The quantitative estimate of drug-likeness (QED) is 0.251. The summed E-state index contributed by atoms with van der Waals surface area (Å²) in [6.45, 7) is 4.01. The van der Waals surface area contributed by atoms with Gasteiger partial charge in [-0.15, -0.1) is 0 Å². The number of rotatable bonds is 7. The van der Waals surface area contributed by atoms with Crippen LogP contribution < -0.4 is 9.64 Å². The molecule has 0 aliphatic carbocycles. The summed E-state index contributed by atoms with van der Waals surface area (Å²) in [6.07, 6.45) is 1.86. The highest BCUT2D eigenvalue weighted by Crippen LogP contribution is 2.37. The highest BCUT2D eigenvalue weighted by Gasteiger charge is 2.11.